The van der Waals surface area contributed by atoms with Crippen molar-refractivity contribution >= 4 is 15.9 Å². The van der Waals surface area contributed by atoms with Gasteiger partial charge in [0.15, 0.2) is 0 Å². The number of aryl methyl sites for hydroxylation is 1. The van der Waals surface area contributed by atoms with Crippen LogP contribution in [0.15, 0.2) is 24.3 Å². The van der Waals surface area contributed by atoms with Gasteiger partial charge < -0.3 is 4.90 Å². The third kappa shape index (κ3) is 2.29. The summed E-state index contributed by atoms with van der Waals surface area (Å²) in [5.41, 5.74) is 2.23. The van der Waals surface area contributed by atoms with Gasteiger partial charge in [0.1, 0.15) is 0 Å². The van der Waals surface area contributed by atoms with E-state index in [-0.39, 0.29) is 0 Å². The van der Waals surface area contributed by atoms with Crippen molar-refractivity contribution in [2.45, 2.75) is 6.92 Å². The quantitative estimate of drug-likeness (QED) is 0.747. The van der Waals surface area contributed by atoms with Gasteiger partial charge in [-0.1, -0.05) is 17.7 Å². The molecule has 0 amide bonds. The van der Waals surface area contributed by atoms with E-state index in [9.17, 15) is 8.42 Å². The normalized spacial score (nSPS) is 21.7. The van der Waals surface area contributed by atoms with Gasteiger partial charge in [-0.15, -0.1) is 0 Å². The van der Waals surface area contributed by atoms with Crippen molar-refractivity contribution in [3.8, 4) is 0 Å². The molecule has 2 rings (SSSR count). The molecule has 0 bridgehead atoms. The highest BCUT2D eigenvalue weighted by Crippen LogP contribution is 2.21. The Morgan fingerprint density at radius 2 is 1.47 bits per heavy atom. The zero-order valence-corrected chi connectivity index (χ0v) is 11.1. The van der Waals surface area contributed by atoms with Crippen molar-refractivity contribution in [1.29, 1.82) is 0 Å². The van der Waals surface area contributed by atoms with Crippen molar-refractivity contribution in [2.24, 2.45) is 0 Å². The lowest BCUT2D eigenvalue weighted by atomic mass is 10.2. The largest absolute Gasteiger partial charge is 0.343 e. The molecule has 1 aromatic rings. The van der Waals surface area contributed by atoms with Gasteiger partial charge in [-0.3, -0.25) is 0 Å². The van der Waals surface area contributed by atoms with Crippen molar-refractivity contribution in [2.75, 3.05) is 32.3 Å². The summed E-state index contributed by atoms with van der Waals surface area (Å²) in [6.07, 6.45) is 0. The first-order valence-corrected chi connectivity index (χ1v) is 6.80. The van der Waals surface area contributed by atoms with E-state index in [2.05, 4.69) is 0 Å². The van der Waals surface area contributed by atoms with E-state index < -0.39 is 10.2 Å². The van der Waals surface area contributed by atoms with Gasteiger partial charge in [0, 0.05) is 19.8 Å². The Bertz CT molecular complexity index is 480. The van der Waals surface area contributed by atoms with Gasteiger partial charge in [0.05, 0.1) is 13.3 Å². The highest BCUT2D eigenvalue weighted by molar-refractivity contribution is 7.86. The van der Waals surface area contributed by atoms with E-state index in [4.69, 9.17) is 0 Å². The molecule has 0 atom stereocenters. The summed E-state index contributed by atoms with van der Waals surface area (Å²) >= 11 is 0. The zero-order valence-electron chi connectivity index (χ0n) is 10.3. The van der Waals surface area contributed by atoms with Gasteiger partial charge >= 0.3 is 0 Å². The highest BCUT2D eigenvalue weighted by Gasteiger charge is 2.31. The summed E-state index contributed by atoms with van der Waals surface area (Å²) in [6, 6.07) is 8.07. The molecule has 0 saturated carbocycles. The second-order valence-electron chi connectivity index (χ2n) is 4.36. The van der Waals surface area contributed by atoms with Gasteiger partial charge in [-0.05, 0) is 19.1 Å². The van der Waals surface area contributed by atoms with Crippen LogP contribution in [-0.4, -0.2) is 44.5 Å². The van der Waals surface area contributed by atoms with E-state index >= 15 is 0 Å². The Kier molecular flexibility index (Phi) is 3.11. The Labute approximate surface area is 102 Å². The molecule has 1 aliphatic rings. The lowest BCUT2D eigenvalue weighted by molar-refractivity contribution is 0.338. The lowest BCUT2D eigenvalue weighted by Gasteiger charge is -2.39. The van der Waals surface area contributed by atoms with Crippen LogP contribution in [0.4, 0.5) is 5.69 Å². The molecule has 1 fully saturated rings. The summed E-state index contributed by atoms with van der Waals surface area (Å²) in [4.78, 5) is 2.01. The number of anilines is 1. The van der Waals surface area contributed by atoms with Crippen molar-refractivity contribution < 1.29 is 8.42 Å². The van der Waals surface area contributed by atoms with Gasteiger partial charge in [0.25, 0.3) is 10.2 Å². The summed E-state index contributed by atoms with van der Waals surface area (Å²) in [7, 11) is -0.0853. The van der Waals surface area contributed by atoms with Crippen LogP contribution in [0.1, 0.15) is 5.56 Å². The molecule has 1 aromatic carbocycles. The predicted octanol–water partition coefficient (Wildman–Crippen LogP) is 0.838. The summed E-state index contributed by atoms with van der Waals surface area (Å²) in [5, 5.41) is 0. The van der Waals surface area contributed by atoms with Gasteiger partial charge in [-0.2, -0.15) is 17.0 Å². The molecular formula is C11H17N3O2S. The Balaban J connectivity index is 2.23. The molecule has 1 saturated heterocycles. The number of hydrogen-bond acceptors (Lipinski definition) is 3. The first kappa shape index (κ1) is 12.3. The van der Waals surface area contributed by atoms with Crippen LogP contribution < -0.4 is 4.90 Å². The maximum absolute atomic E-state index is 11.8. The topological polar surface area (TPSA) is 43.9 Å². The van der Waals surface area contributed by atoms with Gasteiger partial charge in [0.2, 0.25) is 0 Å². The van der Waals surface area contributed by atoms with E-state index in [0.717, 1.165) is 5.69 Å². The lowest BCUT2D eigenvalue weighted by Crippen LogP contribution is -2.55. The van der Waals surface area contributed by atoms with Crippen LogP contribution in [0.3, 0.4) is 0 Å². The fraction of sp³-hybridized carbons (Fsp3) is 0.455. The van der Waals surface area contributed by atoms with Crippen molar-refractivity contribution in [3.05, 3.63) is 29.8 Å². The molecule has 0 aliphatic carbocycles. The molecule has 1 aliphatic heterocycles. The molecule has 1 heterocycles. The van der Waals surface area contributed by atoms with Gasteiger partial charge in [-0.25, -0.2) is 0 Å². The molecule has 17 heavy (non-hydrogen) atoms. The number of benzene rings is 1. The van der Waals surface area contributed by atoms with Crippen LogP contribution in [0.5, 0.6) is 0 Å². The smallest absolute Gasteiger partial charge is 0.284 e. The summed E-state index contributed by atoms with van der Waals surface area (Å²) in [6.45, 7) is 2.80. The standard InChI is InChI=1S/C11H17N3O2S/c1-10-4-6-11(7-5-10)14-8-12(2)17(15,16)13(3)9-14/h4-7H,8-9H2,1-3H3. The summed E-state index contributed by atoms with van der Waals surface area (Å²) < 4.78 is 26.2. The molecule has 0 aromatic heterocycles. The predicted molar refractivity (Wildman–Crippen MR) is 67.8 cm³/mol. The molecule has 0 unspecified atom stereocenters. The van der Waals surface area contributed by atoms with E-state index in [1.165, 1.54) is 14.2 Å². The third-order valence-electron chi connectivity index (χ3n) is 2.93. The average Bonchev–Trinajstić information content (AvgIpc) is 2.27. The SMILES string of the molecule is Cc1ccc(N2CN(C)S(=O)(=O)N(C)C2)cc1. The fourth-order valence-electron chi connectivity index (χ4n) is 1.83. The Morgan fingerprint density at radius 1 is 1.00 bits per heavy atom. The van der Waals surface area contributed by atoms with Crippen molar-refractivity contribution in [3.63, 3.8) is 0 Å². The zero-order chi connectivity index (χ0) is 12.6. The minimum Gasteiger partial charge on any atom is -0.343 e. The second-order valence-corrected chi connectivity index (χ2v) is 6.50. The van der Waals surface area contributed by atoms with Crippen LogP contribution in [0, 0.1) is 6.92 Å². The first-order chi connectivity index (χ1) is 7.91. The summed E-state index contributed by atoms with van der Waals surface area (Å²) in [5.74, 6) is 0. The maximum atomic E-state index is 11.8. The molecule has 0 radical (unpaired) electrons. The third-order valence-corrected chi connectivity index (χ3v) is 4.73. The van der Waals surface area contributed by atoms with E-state index in [1.807, 2.05) is 36.1 Å². The Morgan fingerprint density at radius 3 is 1.94 bits per heavy atom. The number of hydrogen-bond donors (Lipinski definition) is 0. The molecule has 6 heteroatoms. The van der Waals surface area contributed by atoms with Crippen LogP contribution in [-0.2, 0) is 10.2 Å². The fourth-order valence-corrected chi connectivity index (χ4v) is 2.87. The molecule has 0 spiro atoms. The molecule has 0 N–H and O–H groups in total. The second kappa shape index (κ2) is 4.29. The Hall–Kier alpha value is -1.11. The first-order valence-electron chi connectivity index (χ1n) is 5.40. The molecule has 94 valence electrons. The number of rotatable bonds is 1. The minimum atomic E-state index is -3.26. The van der Waals surface area contributed by atoms with Crippen LogP contribution in [0.2, 0.25) is 0 Å². The monoisotopic (exact) mass is 255 g/mol. The molecular weight excluding hydrogens is 238 g/mol. The van der Waals surface area contributed by atoms with E-state index in [0.29, 0.717) is 13.3 Å². The van der Waals surface area contributed by atoms with Crippen molar-refractivity contribution in [1.82, 2.24) is 8.61 Å². The number of nitrogens with zero attached hydrogens (tertiary/aromatic N) is 3. The van der Waals surface area contributed by atoms with Crippen LogP contribution >= 0.6 is 0 Å². The minimum absolute atomic E-state index is 0.385. The maximum Gasteiger partial charge on any atom is 0.284 e. The highest BCUT2D eigenvalue weighted by atomic mass is 32.2. The average molecular weight is 255 g/mol. The van der Waals surface area contributed by atoms with Crippen LogP contribution in [0.25, 0.3) is 0 Å². The molecule has 5 nitrogen and oxygen atoms in total. The van der Waals surface area contributed by atoms with E-state index in [1.54, 1.807) is 14.1 Å².